The van der Waals surface area contributed by atoms with Crippen LogP contribution in [0.2, 0.25) is 0 Å². The third-order valence-corrected chi connectivity index (χ3v) is 4.87. The summed E-state index contributed by atoms with van der Waals surface area (Å²) in [5, 5.41) is 18.0. The smallest absolute Gasteiger partial charge is 0.305 e. The van der Waals surface area contributed by atoms with Gasteiger partial charge in [-0.15, -0.1) is 0 Å². The Bertz CT molecular complexity index is 666. The molecule has 1 fully saturated rings. The van der Waals surface area contributed by atoms with E-state index in [0.29, 0.717) is 11.3 Å². The highest BCUT2D eigenvalue weighted by Crippen LogP contribution is 2.25. The van der Waals surface area contributed by atoms with Gasteiger partial charge in [0.25, 0.3) is 0 Å². The number of anilines is 1. The summed E-state index contributed by atoms with van der Waals surface area (Å²) in [5.41, 5.74) is 0.839. The van der Waals surface area contributed by atoms with E-state index in [2.05, 4.69) is 4.98 Å². The van der Waals surface area contributed by atoms with Crippen LogP contribution in [0, 0.1) is 11.3 Å². The van der Waals surface area contributed by atoms with Gasteiger partial charge in [0.1, 0.15) is 6.07 Å². The van der Waals surface area contributed by atoms with Crippen LogP contribution >= 0.6 is 0 Å². The molecule has 0 radical (unpaired) electrons. The standard InChI is InChI=1S/C12H13N3O4S/c13-6-9-1-2-14-7-11(9)15-3-4-20(18,19)8-10(15)5-12(16)17/h1-2,7,10H,3-5,8H2,(H,16,17). The summed E-state index contributed by atoms with van der Waals surface area (Å²) in [6.45, 7) is 0.167. The number of aliphatic carboxylic acids is 1. The van der Waals surface area contributed by atoms with E-state index in [-0.39, 0.29) is 24.5 Å². The second-order valence-electron chi connectivity index (χ2n) is 4.56. The zero-order chi connectivity index (χ0) is 14.8. The van der Waals surface area contributed by atoms with Gasteiger partial charge in [0, 0.05) is 12.7 Å². The van der Waals surface area contributed by atoms with Gasteiger partial charge in [0.05, 0.1) is 41.4 Å². The second-order valence-corrected chi connectivity index (χ2v) is 6.79. The SMILES string of the molecule is N#Cc1ccncc1N1CCS(=O)(=O)CC1CC(=O)O. The van der Waals surface area contributed by atoms with Gasteiger partial charge in [-0.2, -0.15) is 5.26 Å². The number of sulfone groups is 1. The van der Waals surface area contributed by atoms with Gasteiger partial charge < -0.3 is 10.0 Å². The van der Waals surface area contributed by atoms with Gasteiger partial charge in [0.2, 0.25) is 0 Å². The van der Waals surface area contributed by atoms with Gasteiger partial charge in [-0.05, 0) is 6.07 Å². The quantitative estimate of drug-likeness (QED) is 0.837. The Morgan fingerprint density at radius 2 is 2.35 bits per heavy atom. The Balaban J connectivity index is 2.38. The highest BCUT2D eigenvalue weighted by Gasteiger charge is 2.33. The Morgan fingerprint density at radius 3 is 3.00 bits per heavy atom. The van der Waals surface area contributed by atoms with E-state index in [4.69, 9.17) is 10.4 Å². The van der Waals surface area contributed by atoms with Crippen LogP contribution in [0.4, 0.5) is 5.69 Å². The van der Waals surface area contributed by atoms with Crippen LogP contribution < -0.4 is 4.90 Å². The molecule has 1 atom stereocenters. The fraction of sp³-hybridized carbons (Fsp3) is 0.417. The van der Waals surface area contributed by atoms with Crippen LogP contribution in [0.25, 0.3) is 0 Å². The van der Waals surface area contributed by atoms with Crippen LogP contribution in [0.3, 0.4) is 0 Å². The maximum absolute atomic E-state index is 11.7. The average Bonchev–Trinajstić information content (AvgIpc) is 2.37. The summed E-state index contributed by atoms with van der Waals surface area (Å²) in [6, 6.07) is 2.85. The normalized spacial score (nSPS) is 21.1. The summed E-state index contributed by atoms with van der Waals surface area (Å²) in [7, 11) is -3.25. The lowest BCUT2D eigenvalue weighted by Gasteiger charge is -2.36. The molecule has 0 bridgehead atoms. The van der Waals surface area contributed by atoms with Crippen LogP contribution in [-0.2, 0) is 14.6 Å². The van der Waals surface area contributed by atoms with Crippen molar-refractivity contribution in [2.24, 2.45) is 0 Å². The number of rotatable bonds is 3. The third kappa shape index (κ3) is 3.05. The predicted molar refractivity (Wildman–Crippen MR) is 71.0 cm³/mol. The molecule has 0 spiro atoms. The average molecular weight is 295 g/mol. The van der Waals surface area contributed by atoms with E-state index < -0.39 is 21.8 Å². The second kappa shape index (κ2) is 5.46. The highest BCUT2D eigenvalue weighted by atomic mass is 32.2. The molecule has 0 aliphatic carbocycles. The van der Waals surface area contributed by atoms with Crippen LogP contribution in [0.1, 0.15) is 12.0 Å². The van der Waals surface area contributed by atoms with Crippen molar-refractivity contribution in [3.8, 4) is 6.07 Å². The van der Waals surface area contributed by atoms with Gasteiger partial charge in [-0.25, -0.2) is 8.42 Å². The largest absolute Gasteiger partial charge is 0.481 e. The molecule has 1 saturated heterocycles. The highest BCUT2D eigenvalue weighted by molar-refractivity contribution is 7.91. The van der Waals surface area contributed by atoms with Crippen molar-refractivity contribution in [2.75, 3.05) is 23.0 Å². The molecule has 1 aliphatic rings. The molecule has 7 nitrogen and oxygen atoms in total. The van der Waals surface area contributed by atoms with Crippen LogP contribution in [0.5, 0.6) is 0 Å². The summed E-state index contributed by atoms with van der Waals surface area (Å²) in [6.07, 6.45) is 2.64. The molecule has 0 aromatic carbocycles. The lowest BCUT2D eigenvalue weighted by Crippen LogP contribution is -2.49. The molecular formula is C12H13N3O4S. The number of hydrogen-bond acceptors (Lipinski definition) is 6. The zero-order valence-corrected chi connectivity index (χ0v) is 11.4. The van der Waals surface area contributed by atoms with Crippen molar-refractivity contribution in [3.63, 3.8) is 0 Å². The molecule has 1 aromatic rings. The summed E-state index contributed by atoms with van der Waals surface area (Å²) in [4.78, 5) is 16.5. The first-order valence-corrected chi connectivity index (χ1v) is 7.78. The van der Waals surface area contributed by atoms with Gasteiger partial charge in [0.15, 0.2) is 9.84 Å². The Morgan fingerprint density at radius 1 is 1.60 bits per heavy atom. The number of nitrogens with zero attached hydrogens (tertiary/aromatic N) is 3. The van der Waals surface area contributed by atoms with Crippen molar-refractivity contribution in [1.82, 2.24) is 4.98 Å². The van der Waals surface area contributed by atoms with E-state index in [1.54, 1.807) is 4.90 Å². The first-order valence-electron chi connectivity index (χ1n) is 5.96. The minimum atomic E-state index is -3.25. The number of carboxylic acid groups (broad SMARTS) is 1. The van der Waals surface area contributed by atoms with Gasteiger partial charge in [-0.3, -0.25) is 9.78 Å². The molecule has 0 saturated carbocycles. The van der Waals surface area contributed by atoms with Crippen molar-refractivity contribution in [2.45, 2.75) is 12.5 Å². The molecule has 2 rings (SSSR count). The molecule has 1 aliphatic heterocycles. The predicted octanol–water partition coefficient (Wildman–Crippen LogP) is 0.0314. The topological polar surface area (TPSA) is 111 Å². The Kier molecular flexibility index (Phi) is 3.90. The zero-order valence-electron chi connectivity index (χ0n) is 10.6. The fourth-order valence-electron chi connectivity index (χ4n) is 2.28. The minimum absolute atomic E-state index is 0.0527. The molecule has 2 heterocycles. The van der Waals surface area contributed by atoms with E-state index in [0.717, 1.165) is 0 Å². The van der Waals surface area contributed by atoms with Crippen molar-refractivity contribution in [3.05, 3.63) is 24.0 Å². The number of carbonyl (C=O) groups is 1. The number of carboxylic acids is 1. The fourth-order valence-corrected chi connectivity index (χ4v) is 3.81. The van der Waals surface area contributed by atoms with Crippen LogP contribution in [-0.4, -0.2) is 48.6 Å². The Labute approximate surface area is 116 Å². The minimum Gasteiger partial charge on any atom is -0.481 e. The number of pyridine rings is 1. The Hall–Kier alpha value is -2.14. The number of aromatic nitrogens is 1. The maximum atomic E-state index is 11.7. The molecule has 0 amide bonds. The number of nitriles is 1. The van der Waals surface area contributed by atoms with E-state index in [1.807, 2.05) is 6.07 Å². The van der Waals surface area contributed by atoms with Crippen molar-refractivity contribution >= 4 is 21.5 Å². The molecule has 8 heteroatoms. The monoisotopic (exact) mass is 295 g/mol. The number of hydrogen-bond donors (Lipinski definition) is 1. The van der Waals surface area contributed by atoms with E-state index >= 15 is 0 Å². The first kappa shape index (κ1) is 14.3. The lowest BCUT2D eigenvalue weighted by molar-refractivity contribution is -0.137. The molecule has 106 valence electrons. The van der Waals surface area contributed by atoms with Gasteiger partial charge in [-0.1, -0.05) is 0 Å². The lowest BCUT2D eigenvalue weighted by atomic mass is 10.1. The van der Waals surface area contributed by atoms with Crippen molar-refractivity contribution in [1.29, 1.82) is 5.26 Å². The summed E-state index contributed by atoms with van der Waals surface area (Å²) < 4.78 is 23.3. The first-order chi connectivity index (χ1) is 9.43. The summed E-state index contributed by atoms with van der Waals surface area (Å²) >= 11 is 0. The van der Waals surface area contributed by atoms with E-state index in [9.17, 15) is 13.2 Å². The summed E-state index contributed by atoms with van der Waals surface area (Å²) in [5.74, 6) is -1.35. The van der Waals surface area contributed by atoms with Crippen molar-refractivity contribution < 1.29 is 18.3 Å². The molecule has 20 heavy (non-hydrogen) atoms. The molecule has 1 aromatic heterocycles. The molecular weight excluding hydrogens is 282 g/mol. The van der Waals surface area contributed by atoms with Crippen LogP contribution in [0.15, 0.2) is 18.5 Å². The third-order valence-electron chi connectivity index (χ3n) is 3.17. The molecule has 1 N–H and O–H groups in total. The maximum Gasteiger partial charge on any atom is 0.305 e. The van der Waals surface area contributed by atoms with Gasteiger partial charge >= 0.3 is 5.97 Å². The molecule has 1 unspecified atom stereocenters. The van der Waals surface area contributed by atoms with E-state index in [1.165, 1.54) is 18.5 Å².